The molecule has 0 bridgehead atoms. The average Bonchev–Trinajstić information content (AvgIpc) is 3.10. The van der Waals surface area contributed by atoms with Gasteiger partial charge in [-0.2, -0.15) is 0 Å². The molecule has 27 heavy (non-hydrogen) atoms. The quantitative estimate of drug-likeness (QED) is 0.543. The smallest absolute Gasteiger partial charge is 0.191 e. The Morgan fingerprint density at radius 3 is 2.56 bits per heavy atom. The molecular formula is C21H24N4OS. The Hall–Kier alpha value is -2.47. The Morgan fingerprint density at radius 2 is 1.93 bits per heavy atom. The van der Waals surface area contributed by atoms with Crippen molar-refractivity contribution in [3.8, 4) is 11.4 Å². The fourth-order valence-corrected chi connectivity index (χ4v) is 3.70. The molecular weight excluding hydrogens is 356 g/mol. The number of hydrogen-bond donors (Lipinski definition) is 0. The average molecular weight is 381 g/mol. The third-order valence-corrected chi connectivity index (χ3v) is 5.39. The first-order valence-corrected chi connectivity index (χ1v) is 10.1. The molecule has 2 aromatic heterocycles. The van der Waals surface area contributed by atoms with E-state index in [9.17, 15) is 4.79 Å². The Labute approximate surface area is 164 Å². The Kier molecular flexibility index (Phi) is 6.40. The summed E-state index contributed by atoms with van der Waals surface area (Å²) in [6, 6.07) is 12.1. The predicted octanol–water partition coefficient (Wildman–Crippen LogP) is 4.39. The van der Waals surface area contributed by atoms with Crippen molar-refractivity contribution in [3.05, 3.63) is 59.9 Å². The molecule has 1 aromatic carbocycles. The molecule has 0 amide bonds. The second-order valence-corrected chi connectivity index (χ2v) is 7.64. The summed E-state index contributed by atoms with van der Waals surface area (Å²) in [6.07, 6.45) is 3.95. The summed E-state index contributed by atoms with van der Waals surface area (Å²) in [4.78, 5) is 16.5. The number of aromatic nitrogens is 4. The fraction of sp³-hybridized carbons (Fsp3) is 0.333. The van der Waals surface area contributed by atoms with Crippen LogP contribution in [0.5, 0.6) is 0 Å². The molecule has 0 atom stereocenters. The van der Waals surface area contributed by atoms with Gasteiger partial charge in [0.1, 0.15) is 5.78 Å². The molecule has 0 saturated carbocycles. The first kappa shape index (κ1) is 19.3. The van der Waals surface area contributed by atoms with Crippen molar-refractivity contribution >= 4 is 17.5 Å². The number of Topliss-reactive ketones (excluding diaryl/α,β-unsaturated/α-hetero) is 1. The van der Waals surface area contributed by atoms with Crippen LogP contribution in [0.1, 0.15) is 37.8 Å². The van der Waals surface area contributed by atoms with Crippen molar-refractivity contribution in [2.45, 2.75) is 44.8 Å². The third kappa shape index (κ3) is 4.83. The monoisotopic (exact) mass is 380 g/mol. The van der Waals surface area contributed by atoms with Gasteiger partial charge in [0.15, 0.2) is 11.0 Å². The number of hydrogen-bond acceptors (Lipinski definition) is 5. The van der Waals surface area contributed by atoms with E-state index in [1.165, 1.54) is 17.3 Å². The van der Waals surface area contributed by atoms with E-state index in [0.29, 0.717) is 18.1 Å². The van der Waals surface area contributed by atoms with E-state index < -0.39 is 0 Å². The highest BCUT2D eigenvalue weighted by atomic mass is 32.2. The maximum absolute atomic E-state index is 12.4. The van der Waals surface area contributed by atoms with Gasteiger partial charge in [-0.05, 0) is 36.1 Å². The lowest BCUT2D eigenvalue weighted by molar-refractivity contribution is -0.116. The molecule has 0 unspecified atom stereocenters. The lowest BCUT2D eigenvalue weighted by Crippen LogP contribution is -2.07. The van der Waals surface area contributed by atoms with E-state index in [1.807, 2.05) is 35.8 Å². The molecule has 0 N–H and O–H groups in total. The van der Waals surface area contributed by atoms with Crippen molar-refractivity contribution < 1.29 is 4.79 Å². The highest BCUT2D eigenvalue weighted by Gasteiger charge is 2.15. The standard InChI is InChI=1S/C21H24N4OS/c1-4-25-20(18-6-5-11-22-13-18)23-24-21(25)27-14-19(26)12-16-7-9-17(10-8-16)15(2)3/h5-11,13,15H,4,12,14H2,1-3H3. The molecule has 0 fully saturated rings. The minimum absolute atomic E-state index is 0.186. The Morgan fingerprint density at radius 1 is 1.15 bits per heavy atom. The zero-order chi connectivity index (χ0) is 19.2. The molecule has 0 radical (unpaired) electrons. The van der Waals surface area contributed by atoms with Crippen LogP contribution in [0.2, 0.25) is 0 Å². The van der Waals surface area contributed by atoms with E-state index in [0.717, 1.165) is 28.7 Å². The summed E-state index contributed by atoms with van der Waals surface area (Å²) in [5, 5.41) is 9.32. The molecule has 0 saturated heterocycles. The summed E-state index contributed by atoms with van der Waals surface area (Å²) in [5.41, 5.74) is 3.27. The SMILES string of the molecule is CCn1c(SCC(=O)Cc2ccc(C(C)C)cc2)nnc1-c1cccnc1. The Bertz CT molecular complexity index is 888. The molecule has 140 valence electrons. The summed E-state index contributed by atoms with van der Waals surface area (Å²) >= 11 is 1.44. The number of pyridine rings is 1. The van der Waals surface area contributed by atoms with Gasteiger partial charge in [0.05, 0.1) is 5.75 Å². The highest BCUT2D eigenvalue weighted by Crippen LogP contribution is 2.23. The van der Waals surface area contributed by atoms with E-state index >= 15 is 0 Å². The van der Waals surface area contributed by atoms with Crippen LogP contribution in [0, 0.1) is 0 Å². The van der Waals surface area contributed by atoms with Gasteiger partial charge in [-0.1, -0.05) is 49.9 Å². The summed E-state index contributed by atoms with van der Waals surface area (Å²) < 4.78 is 2.02. The molecule has 0 spiro atoms. The summed E-state index contributed by atoms with van der Waals surface area (Å²) in [6.45, 7) is 7.12. The molecule has 2 heterocycles. The summed E-state index contributed by atoms with van der Waals surface area (Å²) in [5.74, 6) is 1.85. The van der Waals surface area contributed by atoms with Crippen LogP contribution >= 0.6 is 11.8 Å². The molecule has 0 aliphatic carbocycles. The number of benzene rings is 1. The van der Waals surface area contributed by atoms with Crippen molar-refractivity contribution in [1.29, 1.82) is 0 Å². The van der Waals surface area contributed by atoms with Gasteiger partial charge in [-0.25, -0.2) is 0 Å². The Balaban J connectivity index is 1.63. The summed E-state index contributed by atoms with van der Waals surface area (Å²) in [7, 11) is 0. The maximum atomic E-state index is 12.4. The lowest BCUT2D eigenvalue weighted by Gasteiger charge is -2.08. The maximum Gasteiger partial charge on any atom is 0.191 e. The molecule has 0 aliphatic heterocycles. The molecule has 0 aliphatic rings. The van der Waals surface area contributed by atoms with Crippen LogP contribution in [0.25, 0.3) is 11.4 Å². The number of thioether (sulfide) groups is 1. The van der Waals surface area contributed by atoms with Gasteiger partial charge in [0, 0.05) is 30.9 Å². The fourth-order valence-electron chi connectivity index (χ4n) is 2.83. The van der Waals surface area contributed by atoms with Crippen LogP contribution in [-0.2, 0) is 17.8 Å². The van der Waals surface area contributed by atoms with Crippen LogP contribution in [-0.4, -0.2) is 31.3 Å². The number of nitrogens with zero attached hydrogens (tertiary/aromatic N) is 4. The third-order valence-electron chi connectivity index (χ3n) is 4.36. The van der Waals surface area contributed by atoms with Gasteiger partial charge in [-0.3, -0.25) is 9.78 Å². The number of ketones is 1. The van der Waals surface area contributed by atoms with Crippen molar-refractivity contribution in [3.63, 3.8) is 0 Å². The van der Waals surface area contributed by atoms with Gasteiger partial charge in [0.2, 0.25) is 0 Å². The number of carbonyl (C=O) groups excluding carboxylic acids is 1. The van der Waals surface area contributed by atoms with Gasteiger partial charge in [0.25, 0.3) is 0 Å². The minimum Gasteiger partial charge on any atom is -0.302 e. The van der Waals surface area contributed by atoms with E-state index in [2.05, 4.69) is 41.2 Å². The molecule has 6 heteroatoms. The largest absolute Gasteiger partial charge is 0.302 e. The first-order chi connectivity index (χ1) is 13.1. The van der Waals surface area contributed by atoms with Crippen molar-refractivity contribution in [2.24, 2.45) is 0 Å². The number of carbonyl (C=O) groups is 1. The van der Waals surface area contributed by atoms with Crippen LogP contribution in [0.4, 0.5) is 0 Å². The zero-order valence-corrected chi connectivity index (χ0v) is 16.7. The van der Waals surface area contributed by atoms with Gasteiger partial charge >= 0.3 is 0 Å². The van der Waals surface area contributed by atoms with Crippen LogP contribution < -0.4 is 0 Å². The van der Waals surface area contributed by atoms with E-state index in [1.54, 1.807) is 12.4 Å². The first-order valence-electron chi connectivity index (χ1n) is 9.15. The van der Waals surface area contributed by atoms with Crippen LogP contribution in [0.3, 0.4) is 0 Å². The van der Waals surface area contributed by atoms with Crippen molar-refractivity contribution in [2.75, 3.05) is 5.75 Å². The highest BCUT2D eigenvalue weighted by molar-refractivity contribution is 7.99. The van der Waals surface area contributed by atoms with Gasteiger partial charge in [-0.15, -0.1) is 10.2 Å². The minimum atomic E-state index is 0.186. The lowest BCUT2D eigenvalue weighted by atomic mass is 10.0. The second kappa shape index (κ2) is 8.95. The molecule has 3 rings (SSSR count). The topological polar surface area (TPSA) is 60.7 Å². The van der Waals surface area contributed by atoms with E-state index in [-0.39, 0.29) is 5.78 Å². The van der Waals surface area contributed by atoms with Crippen molar-refractivity contribution in [1.82, 2.24) is 19.7 Å². The molecule has 5 nitrogen and oxygen atoms in total. The normalized spacial score (nSPS) is 11.1. The van der Waals surface area contributed by atoms with Gasteiger partial charge < -0.3 is 4.57 Å². The van der Waals surface area contributed by atoms with E-state index in [4.69, 9.17) is 0 Å². The van der Waals surface area contributed by atoms with Crippen LogP contribution in [0.15, 0.2) is 53.9 Å². The zero-order valence-electron chi connectivity index (χ0n) is 15.9. The predicted molar refractivity (Wildman–Crippen MR) is 109 cm³/mol. The molecule has 3 aromatic rings. The number of rotatable bonds is 8. The second-order valence-electron chi connectivity index (χ2n) is 6.69.